The number of alkyl halides is 3. The van der Waals surface area contributed by atoms with E-state index in [0.29, 0.717) is 17.1 Å². The zero-order chi connectivity index (χ0) is 21.0. The summed E-state index contributed by atoms with van der Waals surface area (Å²) in [5.41, 5.74) is -0.542. The van der Waals surface area contributed by atoms with E-state index in [1.54, 1.807) is 18.2 Å². The van der Waals surface area contributed by atoms with Gasteiger partial charge in [-0.1, -0.05) is 12.1 Å². The third-order valence-corrected chi connectivity index (χ3v) is 4.14. The number of aliphatic hydroxyl groups is 1. The quantitative estimate of drug-likeness (QED) is 0.659. The Morgan fingerprint density at radius 2 is 1.83 bits per heavy atom. The van der Waals surface area contributed by atoms with Gasteiger partial charge in [-0.3, -0.25) is 9.59 Å². The molecule has 1 heterocycles. The predicted molar refractivity (Wildman–Crippen MR) is 95.2 cm³/mol. The van der Waals surface area contributed by atoms with Crippen LogP contribution < -0.4 is 20.1 Å². The number of rotatable bonds is 5. The van der Waals surface area contributed by atoms with Crippen molar-refractivity contribution in [2.45, 2.75) is 18.7 Å². The van der Waals surface area contributed by atoms with Gasteiger partial charge in [0.05, 0.1) is 11.7 Å². The first kappa shape index (κ1) is 20.5. The fraction of sp³-hybridized carbons (Fsp3) is 0.263. The summed E-state index contributed by atoms with van der Waals surface area (Å²) in [6.07, 6.45) is -5.37. The lowest BCUT2D eigenvalue weighted by Crippen LogP contribution is -2.36. The summed E-state index contributed by atoms with van der Waals surface area (Å²) in [5.74, 6) is -1.06. The Labute approximate surface area is 163 Å². The Kier molecular flexibility index (Phi) is 5.92. The maximum absolute atomic E-state index is 12.7. The number of ether oxygens (including phenoxy) is 2. The highest BCUT2D eigenvalue weighted by molar-refractivity contribution is 6.39. The number of benzene rings is 2. The van der Waals surface area contributed by atoms with Crippen LogP contribution in [0.25, 0.3) is 0 Å². The van der Waals surface area contributed by atoms with Crippen LogP contribution in [0.1, 0.15) is 23.7 Å². The molecule has 7 nitrogen and oxygen atoms in total. The van der Waals surface area contributed by atoms with Crippen LogP contribution in [0.2, 0.25) is 0 Å². The lowest BCUT2D eigenvalue weighted by molar-refractivity contribution is -0.137. The first-order chi connectivity index (χ1) is 13.7. The van der Waals surface area contributed by atoms with Crippen LogP contribution >= 0.6 is 0 Å². The van der Waals surface area contributed by atoms with Gasteiger partial charge in [-0.25, -0.2) is 0 Å². The number of fused-ring (bicyclic) bond motifs is 1. The largest absolute Gasteiger partial charge is 0.454 e. The first-order valence-corrected chi connectivity index (χ1v) is 8.58. The highest BCUT2D eigenvalue weighted by Gasteiger charge is 2.30. The lowest BCUT2D eigenvalue weighted by Gasteiger charge is -2.13. The third kappa shape index (κ3) is 5.17. The van der Waals surface area contributed by atoms with E-state index < -0.39 is 29.7 Å². The zero-order valence-corrected chi connectivity index (χ0v) is 15.0. The molecule has 0 aromatic heterocycles. The number of anilines is 1. The predicted octanol–water partition coefficient (Wildman–Crippen LogP) is 2.61. The van der Waals surface area contributed by atoms with Crippen LogP contribution in [0.4, 0.5) is 18.9 Å². The number of aliphatic hydroxyl groups excluding tert-OH is 1. The molecule has 2 aromatic rings. The van der Waals surface area contributed by atoms with Gasteiger partial charge in [0.2, 0.25) is 6.79 Å². The van der Waals surface area contributed by atoms with E-state index in [9.17, 15) is 27.9 Å². The Morgan fingerprint density at radius 1 is 1.07 bits per heavy atom. The molecule has 0 saturated heterocycles. The molecule has 0 radical (unpaired) electrons. The van der Waals surface area contributed by atoms with E-state index in [1.807, 2.05) is 0 Å². The summed E-state index contributed by atoms with van der Waals surface area (Å²) < 4.78 is 48.5. The van der Waals surface area contributed by atoms with Gasteiger partial charge < -0.3 is 25.2 Å². The van der Waals surface area contributed by atoms with Crippen molar-refractivity contribution in [3.05, 3.63) is 53.6 Å². The molecule has 10 heteroatoms. The van der Waals surface area contributed by atoms with E-state index in [2.05, 4.69) is 10.6 Å². The molecule has 29 heavy (non-hydrogen) atoms. The number of hydrogen-bond acceptors (Lipinski definition) is 5. The summed E-state index contributed by atoms with van der Waals surface area (Å²) in [6, 6.07) is 8.88. The van der Waals surface area contributed by atoms with Crippen molar-refractivity contribution in [2.24, 2.45) is 0 Å². The van der Waals surface area contributed by atoms with Crippen molar-refractivity contribution in [1.29, 1.82) is 0 Å². The van der Waals surface area contributed by atoms with Crippen LogP contribution in [0.5, 0.6) is 11.5 Å². The minimum absolute atomic E-state index is 0.0234. The third-order valence-electron chi connectivity index (χ3n) is 4.14. The topological polar surface area (TPSA) is 96.9 Å². The SMILES string of the molecule is O=C(NCC[C@@H](O)c1ccc2c(c1)OCO2)C(=O)Nc1cccc(C(F)(F)F)c1. The Hall–Kier alpha value is -3.27. The summed E-state index contributed by atoms with van der Waals surface area (Å²) in [4.78, 5) is 23.7. The van der Waals surface area contributed by atoms with Gasteiger partial charge >= 0.3 is 18.0 Å². The minimum Gasteiger partial charge on any atom is -0.454 e. The number of amides is 2. The molecule has 154 valence electrons. The Balaban J connectivity index is 1.48. The average Bonchev–Trinajstić information content (AvgIpc) is 3.15. The van der Waals surface area contributed by atoms with Crippen LogP contribution in [0.15, 0.2) is 42.5 Å². The van der Waals surface area contributed by atoms with Gasteiger partial charge in [-0.2, -0.15) is 13.2 Å². The summed E-state index contributed by atoms with van der Waals surface area (Å²) in [5, 5.41) is 14.6. The highest BCUT2D eigenvalue weighted by atomic mass is 19.4. The summed E-state index contributed by atoms with van der Waals surface area (Å²) in [6.45, 7) is 0.0797. The van der Waals surface area contributed by atoms with Gasteiger partial charge in [0, 0.05) is 12.2 Å². The standard InChI is InChI=1S/C19H17F3N2O5/c20-19(21,22)12-2-1-3-13(9-12)24-18(27)17(26)23-7-6-14(25)11-4-5-15-16(8-11)29-10-28-15/h1-5,8-9,14,25H,6-7,10H2,(H,23,26)(H,24,27)/t14-/m1/s1. The highest BCUT2D eigenvalue weighted by Crippen LogP contribution is 2.34. The molecule has 3 N–H and O–H groups in total. The van der Waals surface area contributed by atoms with E-state index >= 15 is 0 Å². The van der Waals surface area contributed by atoms with Gasteiger partial charge in [0.1, 0.15) is 0 Å². The smallest absolute Gasteiger partial charge is 0.416 e. The molecular weight excluding hydrogens is 393 g/mol. The van der Waals surface area contributed by atoms with Crippen molar-refractivity contribution < 1.29 is 37.3 Å². The molecule has 3 rings (SSSR count). The number of hydrogen-bond donors (Lipinski definition) is 3. The normalized spacial score (nSPS) is 13.7. The molecule has 0 fully saturated rings. The zero-order valence-electron chi connectivity index (χ0n) is 15.0. The maximum atomic E-state index is 12.7. The summed E-state index contributed by atoms with van der Waals surface area (Å²) >= 11 is 0. The van der Waals surface area contributed by atoms with E-state index in [1.165, 1.54) is 6.07 Å². The number of carbonyl (C=O) groups excluding carboxylic acids is 2. The van der Waals surface area contributed by atoms with Crippen LogP contribution in [0, 0.1) is 0 Å². The van der Waals surface area contributed by atoms with Gasteiger partial charge in [-0.05, 0) is 42.3 Å². The van der Waals surface area contributed by atoms with E-state index in [0.717, 1.165) is 18.2 Å². The van der Waals surface area contributed by atoms with E-state index in [4.69, 9.17) is 9.47 Å². The van der Waals surface area contributed by atoms with Crippen molar-refractivity contribution >= 4 is 17.5 Å². The van der Waals surface area contributed by atoms with Crippen LogP contribution in [-0.2, 0) is 15.8 Å². The molecule has 2 aromatic carbocycles. The molecule has 1 aliphatic heterocycles. The molecule has 0 spiro atoms. The Morgan fingerprint density at radius 3 is 2.59 bits per heavy atom. The molecule has 0 aliphatic carbocycles. The molecule has 0 bridgehead atoms. The Bertz CT molecular complexity index is 917. The van der Waals surface area contributed by atoms with Gasteiger partial charge in [-0.15, -0.1) is 0 Å². The fourth-order valence-corrected chi connectivity index (χ4v) is 2.65. The molecule has 1 aliphatic rings. The first-order valence-electron chi connectivity index (χ1n) is 8.58. The van der Waals surface area contributed by atoms with Crippen molar-refractivity contribution in [1.82, 2.24) is 5.32 Å². The molecule has 1 atom stereocenters. The van der Waals surface area contributed by atoms with Gasteiger partial charge in [0.25, 0.3) is 0 Å². The van der Waals surface area contributed by atoms with Crippen molar-refractivity contribution in [3.8, 4) is 11.5 Å². The van der Waals surface area contributed by atoms with Crippen LogP contribution in [0.3, 0.4) is 0 Å². The molecule has 0 unspecified atom stereocenters. The number of carbonyl (C=O) groups is 2. The average molecular weight is 410 g/mol. The van der Waals surface area contributed by atoms with Crippen molar-refractivity contribution in [3.63, 3.8) is 0 Å². The summed E-state index contributed by atoms with van der Waals surface area (Å²) in [7, 11) is 0. The maximum Gasteiger partial charge on any atom is 0.416 e. The monoisotopic (exact) mass is 410 g/mol. The van der Waals surface area contributed by atoms with Crippen LogP contribution in [-0.4, -0.2) is 30.3 Å². The van der Waals surface area contributed by atoms with Crippen molar-refractivity contribution in [2.75, 3.05) is 18.7 Å². The number of nitrogens with one attached hydrogen (secondary N) is 2. The molecular formula is C19H17F3N2O5. The molecule has 2 amide bonds. The van der Waals surface area contributed by atoms with Gasteiger partial charge in [0.15, 0.2) is 11.5 Å². The number of halogens is 3. The molecule has 0 saturated carbocycles. The fourth-order valence-electron chi connectivity index (χ4n) is 2.65. The lowest BCUT2D eigenvalue weighted by atomic mass is 10.1. The van der Waals surface area contributed by atoms with E-state index in [-0.39, 0.29) is 25.4 Å². The second-order valence-corrected chi connectivity index (χ2v) is 6.21. The second kappa shape index (κ2) is 8.39. The minimum atomic E-state index is -4.56. The second-order valence-electron chi connectivity index (χ2n) is 6.21.